The molecular weight excluding hydrogens is 310 g/mol. The second kappa shape index (κ2) is 8.13. The van der Waals surface area contributed by atoms with E-state index in [0.29, 0.717) is 0 Å². The maximum Gasteiger partial charge on any atom is 0.198 e. The van der Waals surface area contributed by atoms with E-state index in [1.165, 1.54) is 12.8 Å². The highest BCUT2D eigenvalue weighted by Gasteiger charge is 2.24. The Morgan fingerprint density at radius 2 is 1.76 bits per heavy atom. The molecule has 0 saturated heterocycles. The van der Waals surface area contributed by atoms with E-state index in [9.17, 15) is 4.79 Å². The molecule has 25 heavy (non-hydrogen) atoms. The summed E-state index contributed by atoms with van der Waals surface area (Å²) in [4.78, 5) is 13.2. The number of nitrogens with zero attached hydrogens (tertiary/aromatic N) is 1. The van der Waals surface area contributed by atoms with Gasteiger partial charge in [0.25, 0.3) is 0 Å². The molecule has 0 radical (unpaired) electrons. The Bertz CT molecular complexity index is 836. The first-order valence-electron chi connectivity index (χ1n) is 8.96. The third-order valence-electron chi connectivity index (χ3n) is 4.63. The van der Waals surface area contributed by atoms with Crippen molar-refractivity contribution in [3.63, 3.8) is 0 Å². The number of para-hydroxylation sites is 1. The third kappa shape index (κ3) is 3.67. The lowest BCUT2D eigenvalue weighted by Gasteiger charge is -2.14. The fourth-order valence-electron chi connectivity index (χ4n) is 3.32. The van der Waals surface area contributed by atoms with Crippen LogP contribution in [0.4, 0.5) is 0 Å². The molecule has 0 saturated carbocycles. The van der Waals surface area contributed by atoms with Gasteiger partial charge in [0, 0.05) is 36.3 Å². The predicted molar refractivity (Wildman–Crippen MR) is 102 cm³/mol. The first-order chi connectivity index (χ1) is 12.3. The summed E-state index contributed by atoms with van der Waals surface area (Å²) < 4.78 is 7.75. The van der Waals surface area contributed by atoms with Crippen LogP contribution in [0.5, 0.6) is 0 Å². The van der Waals surface area contributed by atoms with Gasteiger partial charge in [-0.3, -0.25) is 4.79 Å². The maximum atomic E-state index is 13.2. The number of unbranched alkanes of at least 4 members (excludes halogenated alkanes) is 2. The molecule has 0 N–H and O–H groups in total. The summed E-state index contributed by atoms with van der Waals surface area (Å²) in [5.74, 6) is 0.0131. The molecule has 130 valence electrons. The van der Waals surface area contributed by atoms with Crippen molar-refractivity contribution < 1.29 is 9.53 Å². The van der Waals surface area contributed by atoms with Gasteiger partial charge in [-0.25, -0.2) is 0 Å². The zero-order valence-electron chi connectivity index (χ0n) is 14.9. The summed E-state index contributed by atoms with van der Waals surface area (Å²) in [5.41, 5.74) is 2.74. The predicted octanol–water partition coefficient (Wildman–Crippen LogP) is 5.40. The number of hydrogen-bond acceptors (Lipinski definition) is 2. The minimum atomic E-state index is -0.573. The Balaban J connectivity index is 1.98. The average Bonchev–Trinajstić information content (AvgIpc) is 3.02. The van der Waals surface area contributed by atoms with Gasteiger partial charge < -0.3 is 9.30 Å². The molecule has 0 amide bonds. The lowest BCUT2D eigenvalue weighted by Crippen LogP contribution is -2.14. The largest absolute Gasteiger partial charge is 0.369 e. The Hall–Kier alpha value is -2.39. The number of hydrogen-bond donors (Lipinski definition) is 0. The summed E-state index contributed by atoms with van der Waals surface area (Å²) in [5, 5.41) is 1.00. The van der Waals surface area contributed by atoms with Gasteiger partial charge in [-0.2, -0.15) is 0 Å². The van der Waals surface area contributed by atoms with Gasteiger partial charge >= 0.3 is 0 Å². The van der Waals surface area contributed by atoms with Crippen molar-refractivity contribution in [3.8, 4) is 0 Å². The van der Waals surface area contributed by atoms with Crippen LogP contribution in [0, 0.1) is 0 Å². The van der Waals surface area contributed by atoms with Crippen molar-refractivity contribution in [1.82, 2.24) is 4.57 Å². The van der Waals surface area contributed by atoms with Crippen LogP contribution in [-0.2, 0) is 11.3 Å². The van der Waals surface area contributed by atoms with Crippen LogP contribution in [0.2, 0.25) is 0 Å². The first-order valence-corrected chi connectivity index (χ1v) is 8.96. The number of ether oxygens (including phenoxy) is 1. The van der Waals surface area contributed by atoms with Gasteiger partial charge in [-0.05, 0) is 18.1 Å². The van der Waals surface area contributed by atoms with E-state index in [-0.39, 0.29) is 5.78 Å². The van der Waals surface area contributed by atoms with E-state index in [1.807, 2.05) is 54.7 Å². The number of carbonyl (C=O) groups excluding carboxylic acids is 1. The summed E-state index contributed by atoms with van der Waals surface area (Å²) in [6, 6.07) is 17.8. The van der Waals surface area contributed by atoms with E-state index in [4.69, 9.17) is 4.74 Å². The quantitative estimate of drug-likeness (QED) is 0.407. The molecule has 0 fully saturated rings. The van der Waals surface area contributed by atoms with Crippen molar-refractivity contribution >= 4 is 16.7 Å². The highest BCUT2D eigenvalue weighted by atomic mass is 16.5. The number of fused-ring (bicyclic) bond motifs is 1. The number of Topliss-reactive ketones (excluding diaryl/α,β-unsaturated/α-hetero) is 1. The minimum absolute atomic E-state index is 0.0131. The molecule has 3 aromatic rings. The number of carbonyl (C=O) groups is 1. The van der Waals surface area contributed by atoms with Gasteiger partial charge in [-0.15, -0.1) is 0 Å². The average molecular weight is 335 g/mol. The summed E-state index contributed by atoms with van der Waals surface area (Å²) >= 11 is 0. The molecule has 2 aromatic carbocycles. The molecule has 0 aliphatic carbocycles. The normalized spacial score (nSPS) is 12.4. The highest BCUT2D eigenvalue weighted by Crippen LogP contribution is 2.28. The molecule has 0 spiro atoms. The standard InChI is InChI=1S/C22H25NO2/c1-3-4-10-15-23-16-19(18-13-8-9-14-20(18)23)21(24)22(25-2)17-11-6-5-7-12-17/h5-9,11-14,16,22H,3-4,10,15H2,1-2H3. The zero-order chi connectivity index (χ0) is 17.6. The van der Waals surface area contributed by atoms with E-state index < -0.39 is 6.10 Å². The maximum absolute atomic E-state index is 13.2. The van der Waals surface area contributed by atoms with E-state index in [1.54, 1.807) is 7.11 Å². The zero-order valence-corrected chi connectivity index (χ0v) is 14.9. The van der Waals surface area contributed by atoms with Crippen LogP contribution in [0.1, 0.15) is 48.2 Å². The number of rotatable bonds is 8. The number of aromatic nitrogens is 1. The van der Waals surface area contributed by atoms with Gasteiger partial charge in [0.2, 0.25) is 0 Å². The summed E-state index contributed by atoms with van der Waals surface area (Å²) in [6.07, 6.45) is 4.93. The molecule has 3 nitrogen and oxygen atoms in total. The van der Waals surface area contributed by atoms with Crippen molar-refractivity contribution in [2.24, 2.45) is 0 Å². The van der Waals surface area contributed by atoms with Crippen LogP contribution in [0.25, 0.3) is 10.9 Å². The van der Waals surface area contributed by atoms with Crippen molar-refractivity contribution in [2.45, 2.75) is 38.8 Å². The highest BCUT2D eigenvalue weighted by molar-refractivity contribution is 6.10. The monoisotopic (exact) mass is 335 g/mol. The Labute approximate surface area is 149 Å². The fourth-order valence-corrected chi connectivity index (χ4v) is 3.32. The molecule has 0 aliphatic rings. The van der Waals surface area contributed by atoms with Crippen LogP contribution in [-0.4, -0.2) is 17.5 Å². The Morgan fingerprint density at radius 3 is 2.48 bits per heavy atom. The van der Waals surface area contributed by atoms with Crippen LogP contribution in [0.15, 0.2) is 60.8 Å². The number of ketones is 1. The lowest BCUT2D eigenvalue weighted by molar-refractivity contribution is 0.0606. The van der Waals surface area contributed by atoms with Crippen LogP contribution in [0.3, 0.4) is 0 Å². The molecule has 1 heterocycles. The van der Waals surface area contributed by atoms with Crippen LogP contribution < -0.4 is 0 Å². The van der Waals surface area contributed by atoms with Gasteiger partial charge in [0.05, 0.1) is 0 Å². The molecule has 1 atom stereocenters. The van der Waals surface area contributed by atoms with E-state index in [2.05, 4.69) is 17.6 Å². The second-order valence-electron chi connectivity index (χ2n) is 6.35. The lowest BCUT2D eigenvalue weighted by atomic mass is 9.99. The third-order valence-corrected chi connectivity index (χ3v) is 4.63. The molecule has 3 rings (SSSR count). The summed E-state index contributed by atoms with van der Waals surface area (Å²) in [6.45, 7) is 3.14. The fraction of sp³-hybridized carbons (Fsp3) is 0.318. The SMILES string of the molecule is CCCCCn1cc(C(=O)C(OC)c2ccccc2)c2ccccc21. The Kier molecular flexibility index (Phi) is 5.67. The van der Waals surface area contributed by atoms with E-state index in [0.717, 1.165) is 35.0 Å². The topological polar surface area (TPSA) is 31.2 Å². The van der Waals surface area contributed by atoms with Crippen molar-refractivity contribution in [3.05, 3.63) is 71.9 Å². The summed E-state index contributed by atoms with van der Waals surface area (Å²) in [7, 11) is 1.59. The minimum Gasteiger partial charge on any atom is -0.369 e. The van der Waals surface area contributed by atoms with E-state index >= 15 is 0 Å². The Morgan fingerprint density at radius 1 is 1.04 bits per heavy atom. The molecule has 3 heteroatoms. The number of methoxy groups -OCH3 is 1. The van der Waals surface area contributed by atoms with Gasteiger partial charge in [0.1, 0.15) is 6.10 Å². The first kappa shape index (κ1) is 17.4. The molecule has 1 unspecified atom stereocenters. The van der Waals surface area contributed by atoms with Crippen molar-refractivity contribution in [1.29, 1.82) is 0 Å². The number of aryl methyl sites for hydroxylation is 1. The second-order valence-corrected chi connectivity index (χ2v) is 6.35. The van der Waals surface area contributed by atoms with Gasteiger partial charge in [-0.1, -0.05) is 68.3 Å². The molecule has 0 bridgehead atoms. The molecular formula is C22H25NO2. The van der Waals surface area contributed by atoms with Crippen LogP contribution >= 0.6 is 0 Å². The molecule has 1 aromatic heterocycles. The van der Waals surface area contributed by atoms with Gasteiger partial charge in [0.15, 0.2) is 5.78 Å². The molecule has 0 aliphatic heterocycles. The number of benzene rings is 2. The smallest absolute Gasteiger partial charge is 0.198 e. The van der Waals surface area contributed by atoms with Crippen molar-refractivity contribution in [2.75, 3.05) is 7.11 Å².